The Bertz CT molecular complexity index is 796. The smallest absolute Gasteiger partial charge is 0.416 e. The minimum absolute atomic E-state index is 0.103. The third kappa shape index (κ3) is 3.05. The van der Waals surface area contributed by atoms with E-state index in [1.54, 1.807) is 12.3 Å². The van der Waals surface area contributed by atoms with Gasteiger partial charge in [-0.25, -0.2) is 0 Å². The molecule has 2 aromatic rings. The summed E-state index contributed by atoms with van der Waals surface area (Å²) in [6.07, 6.45) is 0.304. The van der Waals surface area contributed by atoms with Crippen LogP contribution in [0, 0.1) is 5.92 Å². The molecule has 1 N–H and O–H groups in total. The number of furan rings is 1. The fourth-order valence-electron chi connectivity index (χ4n) is 3.82. The maximum atomic E-state index is 13.2. The maximum Gasteiger partial charge on any atom is 0.416 e. The van der Waals surface area contributed by atoms with Gasteiger partial charge in [0.05, 0.1) is 17.9 Å². The van der Waals surface area contributed by atoms with Crippen molar-refractivity contribution in [2.75, 3.05) is 0 Å². The van der Waals surface area contributed by atoms with Crippen LogP contribution in [-0.4, -0.2) is 5.91 Å². The van der Waals surface area contributed by atoms with Crippen molar-refractivity contribution in [1.29, 1.82) is 0 Å². The standard InChI is InChI=1S/C19H18F3NO2/c20-19(21,22)15-5-2-1-4-11(15)13-10-14(13)18(24)23-16-6-3-7-17-12(16)8-9-25-17/h1-2,4-5,8-9,13-14,16H,3,6-7,10H2,(H,23,24). The summed E-state index contributed by atoms with van der Waals surface area (Å²) in [5, 5.41) is 3.00. The summed E-state index contributed by atoms with van der Waals surface area (Å²) in [7, 11) is 0. The molecule has 3 unspecified atom stereocenters. The van der Waals surface area contributed by atoms with Crippen LogP contribution in [0.25, 0.3) is 0 Å². The molecule has 0 spiro atoms. The second-order valence-electron chi connectivity index (χ2n) is 6.79. The summed E-state index contributed by atoms with van der Waals surface area (Å²) in [5.74, 6) is -0.0154. The highest BCUT2D eigenvalue weighted by Gasteiger charge is 2.48. The molecular weight excluding hydrogens is 331 g/mol. The van der Waals surface area contributed by atoms with Gasteiger partial charge in [0.15, 0.2) is 0 Å². The molecule has 2 aliphatic carbocycles. The van der Waals surface area contributed by atoms with Gasteiger partial charge in [0.1, 0.15) is 5.76 Å². The molecule has 2 aliphatic rings. The molecule has 0 aliphatic heterocycles. The average Bonchev–Trinajstić information content (AvgIpc) is 3.23. The van der Waals surface area contributed by atoms with Crippen LogP contribution in [-0.2, 0) is 17.4 Å². The second kappa shape index (κ2) is 5.93. The maximum absolute atomic E-state index is 13.2. The van der Waals surface area contributed by atoms with E-state index >= 15 is 0 Å². The lowest BCUT2D eigenvalue weighted by Crippen LogP contribution is -2.32. The molecule has 6 heteroatoms. The molecule has 1 amide bonds. The largest absolute Gasteiger partial charge is 0.469 e. The van der Waals surface area contributed by atoms with E-state index < -0.39 is 11.7 Å². The van der Waals surface area contributed by atoms with Crippen molar-refractivity contribution >= 4 is 5.91 Å². The van der Waals surface area contributed by atoms with Gasteiger partial charge in [0.2, 0.25) is 5.91 Å². The monoisotopic (exact) mass is 349 g/mol. The molecule has 1 aromatic carbocycles. The molecule has 25 heavy (non-hydrogen) atoms. The zero-order valence-electron chi connectivity index (χ0n) is 13.5. The van der Waals surface area contributed by atoms with Gasteiger partial charge in [-0.2, -0.15) is 13.2 Å². The Morgan fingerprint density at radius 1 is 1.16 bits per heavy atom. The third-order valence-electron chi connectivity index (χ3n) is 5.16. The Morgan fingerprint density at radius 2 is 1.96 bits per heavy atom. The zero-order valence-corrected chi connectivity index (χ0v) is 13.5. The van der Waals surface area contributed by atoms with E-state index in [2.05, 4.69) is 5.32 Å². The lowest BCUT2D eigenvalue weighted by Gasteiger charge is -2.23. The van der Waals surface area contributed by atoms with Crippen LogP contribution in [0.2, 0.25) is 0 Å². The molecular formula is C19H18F3NO2. The number of carbonyl (C=O) groups is 1. The predicted octanol–water partition coefficient (Wildman–Crippen LogP) is 4.60. The molecule has 3 atom stereocenters. The number of hydrogen-bond donors (Lipinski definition) is 1. The molecule has 1 heterocycles. The van der Waals surface area contributed by atoms with Gasteiger partial charge in [0.25, 0.3) is 0 Å². The SMILES string of the molecule is O=C(NC1CCCc2occc21)C1CC1c1ccccc1C(F)(F)F. The first-order valence-corrected chi connectivity index (χ1v) is 8.48. The fraction of sp³-hybridized carbons (Fsp3) is 0.421. The second-order valence-corrected chi connectivity index (χ2v) is 6.79. The Balaban J connectivity index is 1.47. The van der Waals surface area contributed by atoms with E-state index in [0.29, 0.717) is 6.42 Å². The van der Waals surface area contributed by atoms with Gasteiger partial charge in [-0.3, -0.25) is 4.79 Å². The van der Waals surface area contributed by atoms with Gasteiger partial charge in [-0.05, 0) is 42.9 Å². The van der Waals surface area contributed by atoms with Crippen LogP contribution in [0.1, 0.15) is 53.7 Å². The number of amides is 1. The summed E-state index contributed by atoms with van der Waals surface area (Å²) < 4.78 is 44.9. The van der Waals surface area contributed by atoms with Crippen molar-refractivity contribution in [1.82, 2.24) is 5.32 Å². The summed E-state index contributed by atoms with van der Waals surface area (Å²) in [6.45, 7) is 0. The van der Waals surface area contributed by atoms with Crippen molar-refractivity contribution in [3.63, 3.8) is 0 Å². The average molecular weight is 349 g/mol. The number of rotatable bonds is 3. The Hall–Kier alpha value is -2.24. The zero-order chi connectivity index (χ0) is 17.6. The highest BCUT2D eigenvalue weighted by atomic mass is 19.4. The Kier molecular flexibility index (Phi) is 3.85. The van der Waals surface area contributed by atoms with Gasteiger partial charge < -0.3 is 9.73 Å². The number of aryl methyl sites for hydroxylation is 1. The summed E-state index contributed by atoms with van der Waals surface area (Å²) in [6, 6.07) is 7.30. The third-order valence-corrected chi connectivity index (χ3v) is 5.16. The van der Waals surface area contributed by atoms with E-state index in [-0.39, 0.29) is 29.3 Å². The van der Waals surface area contributed by atoms with E-state index in [9.17, 15) is 18.0 Å². The lowest BCUT2D eigenvalue weighted by molar-refractivity contribution is -0.138. The minimum atomic E-state index is -4.39. The molecule has 4 rings (SSSR count). The minimum Gasteiger partial charge on any atom is -0.469 e. The fourth-order valence-corrected chi connectivity index (χ4v) is 3.82. The first kappa shape index (κ1) is 16.2. The highest BCUT2D eigenvalue weighted by molar-refractivity contribution is 5.83. The van der Waals surface area contributed by atoms with Gasteiger partial charge in [-0.15, -0.1) is 0 Å². The summed E-state index contributed by atoms with van der Waals surface area (Å²) in [4.78, 5) is 12.5. The van der Waals surface area contributed by atoms with Gasteiger partial charge in [0, 0.05) is 17.9 Å². The number of nitrogens with one attached hydrogen (secondary N) is 1. The molecule has 1 saturated carbocycles. The number of benzene rings is 1. The number of carbonyl (C=O) groups excluding carboxylic acids is 1. The first-order valence-electron chi connectivity index (χ1n) is 8.48. The highest BCUT2D eigenvalue weighted by Crippen LogP contribution is 2.51. The van der Waals surface area contributed by atoms with E-state index in [1.807, 2.05) is 6.07 Å². The van der Waals surface area contributed by atoms with E-state index in [0.717, 1.165) is 36.7 Å². The molecule has 0 radical (unpaired) electrons. The van der Waals surface area contributed by atoms with Crippen LogP contribution in [0.5, 0.6) is 0 Å². The summed E-state index contributed by atoms with van der Waals surface area (Å²) in [5.41, 5.74) is 0.584. The predicted molar refractivity (Wildman–Crippen MR) is 84.8 cm³/mol. The Morgan fingerprint density at radius 3 is 2.76 bits per heavy atom. The first-order chi connectivity index (χ1) is 11.9. The molecule has 0 bridgehead atoms. The van der Waals surface area contributed by atoms with Crippen LogP contribution >= 0.6 is 0 Å². The van der Waals surface area contributed by atoms with E-state index in [1.165, 1.54) is 12.1 Å². The van der Waals surface area contributed by atoms with E-state index in [4.69, 9.17) is 4.42 Å². The van der Waals surface area contributed by atoms with Crippen molar-refractivity contribution < 1.29 is 22.4 Å². The summed E-state index contributed by atoms with van der Waals surface area (Å²) >= 11 is 0. The van der Waals surface area contributed by atoms with Crippen molar-refractivity contribution in [3.05, 3.63) is 59.0 Å². The number of hydrogen-bond acceptors (Lipinski definition) is 2. The molecule has 0 saturated heterocycles. The van der Waals surface area contributed by atoms with Crippen LogP contribution in [0.3, 0.4) is 0 Å². The van der Waals surface area contributed by atoms with Crippen LogP contribution in [0.15, 0.2) is 41.0 Å². The Labute approximate surface area is 143 Å². The van der Waals surface area contributed by atoms with Gasteiger partial charge >= 0.3 is 6.18 Å². The van der Waals surface area contributed by atoms with Crippen LogP contribution < -0.4 is 5.32 Å². The molecule has 1 aromatic heterocycles. The van der Waals surface area contributed by atoms with Crippen molar-refractivity contribution in [2.24, 2.45) is 5.92 Å². The molecule has 3 nitrogen and oxygen atoms in total. The normalized spacial score (nSPS) is 25.3. The molecule has 132 valence electrons. The lowest BCUT2D eigenvalue weighted by atomic mass is 9.93. The molecule has 1 fully saturated rings. The van der Waals surface area contributed by atoms with Crippen molar-refractivity contribution in [2.45, 2.75) is 43.8 Å². The topological polar surface area (TPSA) is 42.2 Å². The van der Waals surface area contributed by atoms with Crippen molar-refractivity contribution in [3.8, 4) is 0 Å². The number of halogens is 3. The van der Waals surface area contributed by atoms with Gasteiger partial charge in [-0.1, -0.05) is 18.2 Å². The number of alkyl halides is 3. The quantitative estimate of drug-likeness (QED) is 0.880. The van der Waals surface area contributed by atoms with Crippen LogP contribution in [0.4, 0.5) is 13.2 Å². The number of fused-ring (bicyclic) bond motifs is 1.